The molecule has 1 heterocycles. The van der Waals surface area contributed by atoms with Crippen LogP contribution in [0.25, 0.3) is 0 Å². The Morgan fingerprint density at radius 2 is 1.84 bits per heavy atom. The maximum Gasteiger partial charge on any atom is 0.223 e. The van der Waals surface area contributed by atoms with E-state index >= 15 is 0 Å². The van der Waals surface area contributed by atoms with Gasteiger partial charge in [-0.25, -0.2) is 0 Å². The molecule has 2 rings (SSSR count). The van der Waals surface area contributed by atoms with Crippen LogP contribution in [0.5, 0.6) is 17.2 Å². The second-order valence-corrected chi connectivity index (χ2v) is 6.64. The summed E-state index contributed by atoms with van der Waals surface area (Å²) in [6.45, 7) is 3.55. The van der Waals surface area contributed by atoms with Gasteiger partial charge in [-0.05, 0) is 42.9 Å². The highest BCUT2D eigenvalue weighted by atomic mass is 16.5. The van der Waals surface area contributed by atoms with Gasteiger partial charge in [-0.3, -0.25) is 4.79 Å². The van der Waals surface area contributed by atoms with Gasteiger partial charge in [0, 0.05) is 25.6 Å². The molecule has 0 spiro atoms. The molecule has 1 aliphatic heterocycles. The zero-order valence-corrected chi connectivity index (χ0v) is 15.7. The quantitative estimate of drug-likeness (QED) is 0.816. The van der Waals surface area contributed by atoms with E-state index in [0.29, 0.717) is 42.6 Å². The van der Waals surface area contributed by atoms with Gasteiger partial charge < -0.3 is 24.8 Å². The Balaban J connectivity index is 2.06. The van der Waals surface area contributed by atoms with Crippen LogP contribution in [-0.2, 0) is 11.2 Å². The van der Waals surface area contributed by atoms with Crippen molar-refractivity contribution in [2.24, 2.45) is 11.7 Å². The van der Waals surface area contributed by atoms with Crippen LogP contribution in [0.4, 0.5) is 0 Å². The lowest BCUT2D eigenvalue weighted by atomic mass is 9.92. The third-order valence-corrected chi connectivity index (χ3v) is 4.92. The number of methoxy groups -OCH3 is 3. The van der Waals surface area contributed by atoms with E-state index in [1.807, 2.05) is 17.0 Å². The molecule has 0 aromatic heterocycles. The van der Waals surface area contributed by atoms with E-state index in [1.54, 1.807) is 21.3 Å². The normalized spacial score (nSPS) is 20.3. The monoisotopic (exact) mass is 350 g/mol. The molecule has 6 heteroatoms. The number of likely N-dealkylation sites (tertiary alicyclic amines) is 1. The van der Waals surface area contributed by atoms with Gasteiger partial charge in [-0.2, -0.15) is 0 Å². The number of aryl methyl sites for hydroxylation is 1. The summed E-state index contributed by atoms with van der Waals surface area (Å²) in [6, 6.07) is 3.96. The van der Waals surface area contributed by atoms with Gasteiger partial charge in [0.05, 0.1) is 21.3 Å². The van der Waals surface area contributed by atoms with Crippen molar-refractivity contribution >= 4 is 5.91 Å². The fourth-order valence-corrected chi connectivity index (χ4v) is 3.48. The molecule has 1 fully saturated rings. The Hall–Kier alpha value is -1.95. The lowest BCUT2D eigenvalue weighted by Gasteiger charge is -2.38. The van der Waals surface area contributed by atoms with Crippen LogP contribution < -0.4 is 19.9 Å². The fourth-order valence-electron chi connectivity index (χ4n) is 3.48. The predicted octanol–water partition coefficient (Wildman–Crippen LogP) is 2.23. The zero-order chi connectivity index (χ0) is 18.4. The number of rotatable bonds is 7. The number of carbonyl (C=O) groups is 1. The van der Waals surface area contributed by atoms with E-state index in [1.165, 1.54) is 0 Å². The Morgan fingerprint density at radius 1 is 1.20 bits per heavy atom. The van der Waals surface area contributed by atoms with Crippen LogP contribution >= 0.6 is 0 Å². The Kier molecular flexibility index (Phi) is 6.93. The summed E-state index contributed by atoms with van der Waals surface area (Å²) >= 11 is 0. The topological polar surface area (TPSA) is 74.0 Å². The van der Waals surface area contributed by atoms with E-state index in [2.05, 4.69) is 6.92 Å². The second-order valence-electron chi connectivity index (χ2n) is 6.64. The highest BCUT2D eigenvalue weighted by Gasteiger charge is 2.28. The lowest BCUT2D eigenvalue weighted by molar-refractivity contribution is -0.135. The van der Waals surface area contributed by atoms with Crippen molar-refractivity contribution in [3.63, 3.8) is 0 Å². The number of hydrogen-bond acceptors (Lipinski definition) is 5. The van der Waals surface area contributed by atoms with Crippen LogP contribution in [-0.4, -0.2) is 51.3 Å². The van der Waals surface area contributed by atoms with E-state index in [4.69, 9.17) is 19.9 Å². The highest BCUT2D eigenvalue weighted by Crippen LogP contribution is 2.38. The molecule has 0 radical (unpaired) electrons. The number of piperidine rings is 1. The van der Waals surface area contributed by atoms with Crippen LogP contribution in [0.15, 0.2) is 12.1 Å². The van der Waals surface area contributed by atoms with E-state index < -0.39 is 0 Å². The van der Waals surface area contributed by atoms with E-state index in [9.17, 15) is 4.79 Å². The van der Waals surface area contributed by atoms with Crippen molar-refractivity contribution in [1.29, 1.82) is 0 Å². The molecule has 0 saturated carbocycles. The summed E-state index contributed by atoms with van der Waals surface area (Å²) in [5.41, 5.74) is 6.85. The minimum Gasteiger partial charge on any atom is -0.493 e. The molecule has 2 N–H and O–H groups in total. The van der Waals surface area contributed by atoms with Gasteiger partial charge in [-0.15, -0.1) is 0 Å². The standard InChI is InChI=1S/C19H30N2O4/c1-13-7-8-21(15(9-13)12-20)18(22)6-5-14-10-16(23-2)19(25-4)17(11-14)24-3/h10-11,13,15H,5-9,12,20H2,1-4H3. The first-order chi connectivity index (χ1) is 12.0. The summed E-state index contributed by atoms with van der Waals surface area (Å²) in [6.07, 6.45) is 3.11. The summed E-state index contributed by atoms with van der Waals surface area (Å²) in [4.78, 5) is 14.6. The number of amides is 1. The van der Waals surface area contributed by atoms with Crippen molar-refractivity contribution in [3.8, 4) is 17.2 Å². The molecule has 1 amide bonds. The van der Waals surface area contributed by atoms with Gasteiger partial charge in [0.1, 0.15) is 0 Å². The first-order valence-corrected chi connectivity index (χ1v) is 8.82. The number of ether oxygens (including phenoxy) is 3. The molecule has 1 saturated heterocycles. The molecule has 0 aliphatic carbocycles. The van der Waals surface area contributed by atoms with Gasteiger partial charge in [0.25, 0.3) is 0 Å². The third kappa shape index (κ3) is 4.57. The van der Waals surface area contributed by atoms with Crippen molar-refractivity contribution < 1.29 is 19.0 Å². The first kappa shape index (κ1) is 19.4. The molecule has 6 nitrogen and oxygen atoms in total. The van der Waals surface area contributed by atoms with Crippen LogP contribution in [0, 0.1) is 5.92 Å². The van der Waals surface area contributed by atoms with Crippen molar-refractivity contribution in [2.45, 2.75) is 38.6 Å². The molecular formula is C19H30N2O4. The fraction of sp³-hybridized carbons (Fsp3) is 0.632. The van der Waals surface area contributed by atoms with Crippen LogP contribution in [0.2, 0.25) is 0 Å². The zero-order valence-electron chi connectivity index (χ0n) is 15.7. The smallest absolute Gasteiger partial charge is 0.223 e. The maximum atomic E-state index is 12.7. The molecule has 0 bridgehead atoms. The van der Waals surface area contributed by atoms with Gasteiger partial charge in [-0.1, -0.05) is 6.92 Å². The summed E-state index contributed by atoms with van der Waals surface area (Å²) in [5.74, 6) is 2.57. The van der Waals surface area contributed by atoms with Gasteiger partial charge >= 0.3 is 0 Å². The van der Waals surface area contributed by atoms with E-state index in [-0.39, 0.29) is 11.9 Å². The third-order valence-electron chi connectivity index (χ3n) is 4.92. The first-order valence-electron chi connectivity index (χ1n) is 8.82. The summed E-state index contributed by atoms with van der Waals surface area (Å²) < 4.78 is 16.1. The van der Waals surface area contributed by atoms with Crippen molar-refractivity contribution in [1.82, 2.24) is 4.90 Å². The lowest BCUT2D eigenvalue weighted by Crippen LogP contribution is -2.49. The molecule has 1 aromatic carbocycles. The minimum atomic E-state index is 0.163. The number of benzene rings is 1. The highest BCUT2D eigenvalue weighted by molar-refractivity contribution is 5.77. The van der Waals surface area contributed by atoms with Crippen molar-refractivity contribution in [2.75, 3.05) is 34.4 Å². The number of nitrogens with two attached hydrogens (primary N) is 1. The van der Waals surface area contributed by atoms with Crippen LogP contribution in [0.3, 0.4) is 0 Å². The molecule has 1 aromatic rings. The number of nitrogens with zero attached hydrogens (tertiary/aromatic N) is 1. The van der Waals surface area contributed by atoms with E-state index in [0.717, 1.165) is 24.9 Å². The molecule has 1 aliphatic rings. The molecule has 2 atom stereocenters. The maximum absolute atomic E-state index is 12.7. The van der Waals surface area contributed by atoms with Crippen molar-refractivity contribution in [3.05, 3.63) is 17.7 Å². The Bertz CT molecular complexity index is 566. The number of carbonyl (C=O) groups excluding carboxylic acids is 1. The Labute approximate surface area is 150 Å². The summed E-state index contributed by atoms with van der Waals surface area (Å²) in [7, 11) is 4.76. The molecule has 140 valence electrons. The Morgan fingerprint density at radius 3 is 2.36 bits per heavy atom. The number of hydrogen-bond donors (Lipinski definition) is 1. The minimum absolute atomic E-state index is 0.163. The molecule has 2 unspecified atom stereocenters. The SMILES string of the molecule is COc1cc(CCC(=O)N2CCC(C)CC2CN)cc(OC)c1OC. The largest absolute Gasteiger partial charge is 0.493 e. The van der Waals surface area contributed by atoms with Crippen LogP contribution in [0.1, 0.15) is 31.7 Å². The summed E-state index contributed by atoms with van der Waals surface area (Å²) in [5, 5.41) is 0. The van der Waals surface area contributed by atoms with Gasteiger partial charge in [0.15, 0.2) is 11.5 Å². The molecular weight excluding hydrogens is 320 g/mol. The predicted molar refractivity (Wildman–Crippen MR) is 97.4 cm³/mol. The van der Waals surface area contributed by atoms with Gasteiger partial charge in [0.2, 0.25) is 11.7 Å². The average molecular weight is 350 g/mol. The second kappa shape index (κ2) is 8.94. The molecule has 25 heavy (non-hydrogen) atoms. The average Bonchev–Trinajstić information content (AvgIpc) is 2.64.